The van der Waals surface area contributed by atoms with Crippen molar-refractivity contribution in [1.82, 2.24) is 0 Å². The first-order valence-electron chi connectivity index (χ1n) is 7.53. The molecule has 3 rings (SSSR count). The summed E-state index contributed by atoms with van der Waals surface area (Å²) >= 11 is 3.66. The Morgan fingerprint density at radius 1 is 0.960 bits per heavy atom. The van der Waals surface area contributed by atoms with Crippen molar-refractivity contribution in [2.24, 2.45) is 0 Å². The Morgan fingerprint density at radius 3 is 2.08 bits per heavy atom. The molecular weight excluding hydrogens is 351 g/mol. The van der Waals surface area contributed by atoms with Crippen LogP contribution in [0, 0.1) is 6.92 Å². The second-order valence-electron chi connectivity index (χ2n) is 5.47. The Hall–Kier alpha value is -2.15. The van der Waals surface area contributed by atoms with Gasteiger partial charge in [0.05, 0.1) is 0 Å². The van der Waals surface area contributed by atoms with Gasteiger partial charge in [0.15, 0.2) is 0 Å². The van der Waals surface area contributed by atoms with Crippen LogP contribution >= 0.6 is 0 Å². The molecule has 0 aliphatic rings. The highest BCUT2D eigenvalue weighted by Gasteiger charge is 2.20. The van der Waals surface area contributed by atoms with Gasteiger partial charge in [0.25, 0.3) is 0 Å². The van der Waals surface area contributed by atoms with Gasteiger partial charge < -0.3 is 22.4 Å². The van der Waals surface area contributed by atoms with Crippen molar-refractivity contribution in [3.63, 3.8) is 0 Å². The molecule has 1 nitrogen and oxygen atoms in total. The van der Waals surface area contributed by atoms with Crippen molar-refractivity contribution in [3.05, 3.63) is 65.7 Å². The molecule has 0 fully saturated rings. The normalized spacial score (nSPS) is 11.1. The molecular formula is C18H17BF4OS. The lowest BCUT2D eigenvalue weighted by atomic mass is 9.92. The summed E-state index contributed by atoms with van der Waals surface area (Å²) in [5.41, 5.74) is 4.96. The Balaban J connectivity index is 0.000000399. The lowest BCUT2D eigenvalue weighted by molar-refractivity contribution is 0.368. The quantitative estimate of drug-likeness (QED) is 0.368. The third kappa shape index (κ3) is 5.16. The fraction of sp³-hybridized carbons (Fsp3) is 0.111. The molecule has 0 saturated carbocycles. The van der Waals surface area contributed by atoms with E-state index in [4.69, 9.17) is 0 Å². The van der Waals surface area contributed by atoms with E-state index in [0.29, 0.717) is 5.75 Å². The fourth-order valence-corrected chi connectivity index (χ4v) is 3.15. The van der Waals surface area contributed by atoms with E-state index in [9.17, 15) is 22.4 Å². The van der Waals surface area contributed by atoms with Crippen molar-refractivity contribution >= 4 is 30.7 Å². The van der Waals surface area contributed by atoms with Crippen molar-refractivity contribution in [2.45, 2.75) is 12.7 Å². The van der Waals surface area contributed by atoms with Crippen LogP contribution in [0.25, 0.3) is 21.9 Å². The molecule has 132 valence electrons. The van der Waals surface area contributed by atoms with Gasteiger partial charge >= 0.3 is 7.25 Å². The zero-order valence-corrected chi connectivity index (χ0v) is 14.4. The molecule has 0 radical (unpaired) electrons. The average Bonchev–Trinajstić information content (AvgIpc) is 2.54. The molecule has 3 aromatic rings. The predicted molar refractivity (Wildman–Crippen MR) is 99.8 cm³/mol. The maximum absolute atomic E-state index is 9.75. The van der Waals surface area contributed by atoms with Crippen LogP contribution in [0.2, 0.25) is 0 Å². The summed E-state index contributed by atoms with van der Waals surface area (Å²) in [5, 5.41) is 12.0. The number of phenols is 1. The summed E-state index contributed by atoms with van der Waals surface area (Å²) in [6.07, 6.45) is 0. The Bertz CT molecular complexity index is 857. The number of hydrogen-bond donors (Lipinski definition) is 1. The lowest BCUT2D eigenvalue weighted by Crippen LogP contribution is -2.02. The third-order valence-corrected chi connectivity index (χ3v) is 4.15. The second-order valence-corrected chi connectivity index (χ2v) is 5.82. The number of aromatic hydroxyl groups is 1. The number of hydrogen-bond acceptors (Lipinski definition) is 1. The summed E-state index contributed by atoms with van der Waals surface area (Å²) in [7, 11) is -6.00. The van der Waals surface area contributed by atoms with E-state index in [1.807, 2.05) is 12.1 Å². The maximum Gasteiger partial charge on any atom is 0.673 e. The van der Waals surface area contributed by atoms with Gasteiger partial charge in [-0.2, -0.15) is 0 Å². The predicted octanol–water partition coefficient (Wildman–Crippen LogP) is 5.33. The minimum atomic E-state index is -6.00. The number of rotatable bonds is 2. The first-order valence-corrected chi connectivity index (χ1v) is 8.24. The van der Waals surface area contributed by atoms with Gasteiger partial charge in [0.2, 0.25) is 0 Å². The molecule has 0 unspecified atom stereocenters. The largest absolute Gasteiger partial charge is 0.673 e. The monoisotopic (exact) mass is 368 g/mol. The molecule has 1 N–H and O–H groups in total. The van der Waals surface area contributed by atoms with Crippen LogP contribution in [0.3, 0.4) is 0 Å². The molecule has 25 heavy (non-hydrogen) atoms. The van der Waals surface area contributed by atoms with E-state index in [-0.39, 0.29) is 0 Å². The van der Waals surface area contributed by atoms with Crippen LogP contribution in [-0.2, 0) is 18.4 Å². The fourth-order valence-electron chi connectivity index (χ4n) is 2.69. The van der Waals surface area contributed by atoms with Gasteiger partial charge in [-0.05, 0) is 65.2 Å². The summed E-state index contributed by atoms with van der Waals surface area (Å²) in [6.45, 7) is 2.16. The van der Waals surface area contributed by atoms with Crippen LogP contribution in [0.5, 0.6) is 5.75 Å². The molecule has 0 saturated heterocycles. The Morgan fingerprint density at radius 2 is 1.52 bits per heavy atom. The molecule has 0 aromatic heterocycles. The van der Waals surface area contributed by atoms with Gasteiger partial charge in [-0.3, -0.25) is 0 Å². The standard InChI is InChI=1S/C18H16OS.BF4/c1-12-17(13-6-8-15(19)9-7-13)10-14-4-2-3-5-16(14)18(12)11-20;2-1(3,4)5/h2-10,19-20H,11H2,1H3;/q;-1/p+1. The lowest BCUT2D eigenvalue weighted by Gasteiger charge is -2.13. The van der Waals surface area contributed by atoms with Crippen molar-refractivity contribution in [3.8, 4) is 16.9 Å². The molecule has 0 heterocycles. The Kier molecular flexibility index (Phi) is 6.00. The van der Waals surface area contributed by atoms with Crippen LogP contribution in [0.1, 0.15) is 11.1 Å². The minimum absolute atomic E-state index is 0.299. The van der Waals surface area contributed by atoms with Gasteiger partial charge in [0, 0.05) is 5.56 Å². The van der Waals surface area contributed by atoms with E-state index in [0.717, 1.165) is 11.3 Å². The first kappa shape index (κ1) is 19.2. The van der Waals surface area contributed by atoms with E-state index >= 15 is 0 Å². The molecule has 0 spiro atoms. The number of phenolic OH excluding ortho intramolecular Hbond substituents is 1. The van der Waals surface area contributed by atoms with Crippen LogP contribution < -0.4 is 0 Å². The van der Waals surface area contributed by atoms with Crippen LogP contribution in [0.4, 0.5) is 17.3 Å². The topological polar surface area (TPSA) is 20.2 Å². The summed E-state index contributed by atoms with van der Waals surface area (Å²) in [6, 6.07) is 18.1. The molecule has 0 aliphatic heterocycles. The van der Waals surface area contributed by atoms with Gasteiger partial charge in [0.1, 0.15) is 11.5 Å². The van der Waals surface area contributed by atoms with Crippen molar-refractivity contribution in [1.29, 1.82) is 0 Å². The molecule has 0 aliphatic carbocycles. The summed E-state index contributed by atoms with van der Waals surface area (Å²) < 4.78 is 39.0. The van der Waals surface area contributed by atoms with Gasteiger partial charge in [-0.15, -0.1) is 0 Å². The average molecular weight is 368 g/mol. The summed E-state index contributed by atoms with van der Waals surface area (Å²) in [4.78, 5) is 0. The maximum atomic E-state index is 9.75. The van der Waals surface area contributed by atoms with Crippen molar-refractivity contribution in [2.75, 3.05) is 0 Å². The molecule has 3 aromatic carbocycles. The minimum Gasteiger partial charge on any atom is -0.508 e. The second kappa shape index (κ2) is 7.82. The van der Waals surface area contributed by atoms with E-state index < -0.39 is 7.25 Å². The van der Waals surface area contributed by atoms with Crippen LogP contribution in [0.15, 0.2) is 54.6 Å². The highest BCUT2D eigenvalue weighted by molar-refractivity contribution is 7.57. The van der Waals surface area contributed by atoms with Gasteiger partial charge in [-0.25, -0.2) is 0 Å². The molecule has 0 atom stereocenters. The van der Waals surface area contributed by atoms with Gasteiger partial charge in [-0.1, -0.05) is 36.4 Å². The van der Waals surface area contributed by atoms with E-state index in [1.54, 1.807) is 12.1 Å². The number of fused-ring (bicyclic) bond motifs is 1. The van der Waals surface area contributed by atoms with Crippen molar-refractivity contribution < 1.29 is 22.4 Å². The number of benzene rings is 3. The highest BCUT2D eigenvalue weighted by atomic mass is 32.1. The Labute approximate surface area is 148 Å². The molecule has 7 heteroatoms. The molecule has 0 bridgehead atoms. The van der Waals surface area contributed by atoms with E-state index in [2.05, 4.69) is 49.9 Å². The smallest absolute Gasteiger partial charge is 0.508 e. The highest BCUT2D eigenvalue weighted by Crippen LogP contribution is 2.33. The van der Waals surface area contributed by atoms with E-state index in [1.165, 1.54) is 27.5 Å². The SMILES string of the molecule is Cc1c(-c2ccc(O)cc2)cc2ccccc2c1C[SH2+].F[B-](F)(F)F. The van der Waals surface area contributed by atoms with Crippen LogP contribution in [-0.4, -0.2) is 12.4 Å². The summed E-state index contributed by atoms with van der Waals surface area (Å²) in [5.74, 6) is 1.13. The third-order valence-electron chi connectivity index (χ3n) is 3.80. The zero-order valence-electron chi connectivity index (χ0n) is 13.4. The number of halogens is 4. The first-order chi connectivity index (χ1) is 11.7. The zero-order chi connectivity index (χ0) is 18.6. The molecule has 0 amide bonds.